The zero-order valence-electron chi connectivity index (χ0n) is 21.5. The third kappa shape index (κ3) is 5.23. The lowest BCUT2D eigenvalue weighted by atomic mass is 9.98. The summed E-state index contributed by atoms with van der Waals surface area (Å²) in [5.41, 5.74) is 2.98. The molecule has 0 bridgehead atoms. The van der Waals surface area contributed by atoms with Crippen LogP contribution in [0, 0.1) is 12.7 Å². The highest BCUT2D eigenvalue weighted by Crippen LogP contribution is 2.39. The van der Waals surface area contributed by atoms with Gasteiger partial charge in [-0.2, -0.15) is 18.2 Å². The van der Waals surface area contributed by atoms with Crippen molar-refractivity contribution in [3.63, 3.8) is 0 Å². The van der Waals surface area contributed by atoms with E-state index in [4.69, 9.17) is 0 Å². The van der Waals surface area contributed by atoms with E-state index >= 15 is 0 Å². The third-order valence-corrected chi connectivity index (χ3v) is 6.63. The van der Waals surface area contributed by atoms with E-state index in [-0.39, 0.29) is 11.3 Å². The minimum absolute atomic E-state index is 0.196. The highest BCUT2D eigenvalue weighted by molar-refractivity contribution is 6.03. The van der Waals surface area contributed by atoms with Crippen LogP contribution in [0.1, 0.15) is 21.6 Å². The van der Waals surface area contributed by atoms with Gasteiger partial charge in [-0.15, -0.1) is 0 Å². The monoisotopic (exact) mass is 559 g/mol. The Hall–Kier alpha value is -5.13. The summed E-state index contributed by atoms with van der Waals surface area (Å²) in [6, 6.07) is 14.6. The number of rotatable bonds is 4. The van der Waals surface area contributed by atoms with Crippen molar-refractivity contribution in [2.45, 2.75) is 19.6 Å². The quantitative estimate of drug-likeness (QED) is 0.271. The van der Waals surface area contributed by atoms with Gasteiger partial charge in [0.15, 0.2) is 0 Å². The molecule has 1 aromatic heterocycles. The van der Waals surface area contributed by atoms with E-state index < -0.39 is 23.5 Å². The zero-order chi connectivity index (χ0) is 28.7. The summed E-state index contributed by atoms with van der Waals surface area (Å²) in [5, 5.41) is 6.04. The SMILES string of the molecule is Cc1ccc(NC(=O)c2cc(C(F)(F)F)ccn2)cc1-c1cc2cnc(=Nc3cccc(F)c3)nc-2n2c1NCC2. The number of carbonyl (C=O) groups excluding carboxylic acids is 1. The van der Waals surface area contributed by atoms with Gasteiger partial charge in [-0.25, -0.2) is 14.4 Å². The second kappa shape index (κ2) is 10.1. The van der Waals surface area contributed by atoms with Crippen LogP contribution in [-0.2, 0) is 12.7 Å². The molecule has 0 radical (unpaired) electrons. The van der Waals surface area contributed by atoms with E-state index in [9.17, 15) is 22.4 Å². The number of hydrogen-bond donors (Lipinski definition) is 2. The van der Waals surface area contributed by atoms with Crippen LogP contribution in [0.2, 0.25) is 0 Å². The number of aryl methyl sites for hydroxylation is 1. The van der Waals surface area contributed by atoms with Gasteiger partial charge in [0.25, 0.3) is 11.5 Å². The fraction of sp³-hybridized carbons (Fsp3) is 0.138. The van der Waals surface area contributed by atoms with Crippen molar-refractivity contribution in [1.29, 1.82) is 0 Å². The Labute approximate surface area is 230 Å². The average Bonchev–Trinajstić information content (AvgIpc) is 3.44. The summed E-state index contributed by atoms with van der Waals surface area (Å²) in [6.45, 7) is 3.21. The van der Waals surface area contributed by atoms with Crippen molar-refractivity contribution < 1.29 is 22.4 Å². The van der Waals surface area contributed by atoms with Crippen molar-refractivity contribution in [2.24, 2.45) is 4.99 Å². The van der Waals surface area contributed by atoms with Gasteiger partial charge >= 0.3 is 6.18 Å². The lowest BCUT2D eigenvalue weighted by Crippen LogP contribution is -2.17. The van der Waals surface area contributed by atoms with Gasteiger partial charge in [-0.1, -0.05) is 12.1 Å². The molecule has 1 amide bonds. The smallest absolute Gasteiger partial charge is 0.369 e. The number of hydrogen-bond acceptors (Lipinski definition) is 6. The third-order valence-electron chi connectivity index (χ3n) is 6.63. The average molecular weight is 560 g/mol. The first-order valence-corrected chi connectivity index (χ1v) is 12.6. The van der Waals surface area contributed by atoms with E-state index in [1.54, 1.807) is 30.5 Å². The molecule has 41 heavy (non-hydrogen) atoms. The summed E-state index contributed by atoms with van der Waals surface area (Å²) < 4.78 is 54.9. The molecular weight excluding hydrogens is 538 g/mol. The predicted molar refractivity (Wildman–Crippen MR) is 144 cm³/mol. The number of benzene rings is 2. The number of alkyl halides is 3. The Morgan fingerprint density at radius 3 is 2.71 bits per heavy atom. The molecule has 2 N–H and O–H groups in total. The molecule has 4 heterocycles. The number of aromatic nitrogens is 4. The fourth-order valence-corrected chi connectivity index (χ4v) is 4.70. The summed E-state index contributed by atoms with van der Waals surface area (Å²) in [6.07, 6.45) is -1.98. The maximum absolute atomic E-state index is 13.6. The molecule has 0 atom stereocenters. The maximum atomic E-state index is 13.6. The van der Waals surface area contributed by atoms with Gasteiger partial charge in [0.05, 0.1) is 11.3 Å². The minimum Gasteiger partial charge on any atom is -0.369 e. The van der Waals surface area contributed by atoms with Crippen LogP contribution in [0.25, 0.3) is 22.5 Å². The van der Waals surface area contributed by atoms with Crippen molar-refractivity contribution >= 4 is 23.1 Å². The van der Waals surface area contributed by atoms with E-state index in [1.807, 2.05) is 23.6 Å². The van der Waals surface area contributed by atoms with E-state index in [0.717, 1.165) is 46.4 Å². The molecular formula is C29H21F4N7O. The van der Waals surface area contributed by atoms with Gasteiger partial charge in [-0.3, -0.25) is 9.78 Å². The molecule has 6 rings (SSSR count). The number of nitrogens with zero attached hydrogens (tertiary/aromatic N) is 5. The first kappa shape index (κ1) is 26.1. The first-order valence-electron chi connectivity index (χ1n) is 12.6. The molecule has 3 aliphatic heterocycles. The van der Waals surface area contributed by atoms with Crippen LogP contribution in [0.3, 0.4) is 0 Å². The van der Waals surface area contributed by atoms with E-state index in [2.05, 4.69) is 30.6 Å². The number of carbonyl (C=O) groups is 1. The van der Waals surface area contributed by atoms with Gasteiger partial charge in [0.2, 0.25) is 0 Å². The molecule has 2 aromatic carbocycles. The maximum Gasteiger partial charge on any atom is 0.416 e. The molecule has 3 aromatic rings. The molecule has 0 saturated carbocycles. The molecule has 0 saturated heterocycles. The normalized spacial score (nSPS) is 13.2. The Morgan fingerprint density at radius 1 is 1.05 bits per heavy atom. The van der Waals surface area contributed by atoms with Crippen LogP contribution in [0.15, 0.2) is 78.0 Å². The van der Waals surface area contributed by atoms with Crippen molar-refractivity contribution in [2.75, 3.05) is 17.2 Å². The van der Waals surface area contributed by atoms with Gasteiger partial charge < -0.3 is 15.2 Å². The molecule has 0 spiro atoms. The van der Waals surface area contributed by atoms with Crippen LogP contribution in [0.5, 0.6) is 0 Å². The van der Waals surface area contributed by atoms with Gasteiger partial charge in [0, 0.05) is 42.3 Å². The van der Waals surface area contributed by atoms with Crippen molar-refractivity contribution in [1.82, 2.24) is 19.5 Å². The predicted octanol–water partition coefficient (Wildman–Crippen LogP) is 5.82. The van der Waals surface area contributed by atoms with Crippen LogP contribution >= 0.6 is 0 Å². The largest absolute Gasteiger partial charge is 0.416 e. The molecule has 206 valence electrons. The molecule has 0 aliphatic carbocycles. The summed E-state index contributed by atoms with van der Waals surface area (Å²) in [4.78, 5) is 29.9. The van der Waals surface area contributed by atoms with Crippen LogP contribution in [0.4, 0.5) is 34.8 Å². The molecule has 12 heteroatoms. The molecule has 8 nitrogen and oxygen atoms in total. The summed E-state index contributed by atoms with van der Waals surface area (Å²) in [5.74, 6) is 0.289. The Balaban J connectivity index is 1.37. The Morgan fingerprint density at radius 2 is 1.90 bits per heavy atom. The van der Waals surface area contributed by atoms with Crippen LogP contribution < -0.4 is 16.3 Å². The minimum atomic E-state index is -4.59. The van der Waals surface area contributed by atoms with Crippen molar-refractivity contribution in [3.8, 4) is 22.5 Å². The van der Waals surface area contributed by atoms with Crippen molar-refractivity contribution in [3.05, 3.63) is 101 Å². The number of halogens is 4. The van der Waals surface area contributed by atoms with E-state index in [0.29, 0.717) is 30.3 Å². The number of anilines is 2. The standard InChI is InChI=1S/C29H21F4N7O/c1-16-5-6-21(37-27(41)24-12-18(7-8-34-24)29(31,32)33)14-22(16)23-11-17-15-36-28(38-20-4-2-3-19(30)13-20)39-25(17)40-10-9-35-26(23)40/h2-8,11-15,35H,9-10H2,1H3,(H,37,41). The lowest BCUT2D eigenvalue weighted by Gasteiger charge is -2.19. The number of nitrogens with one attached hydrogen (secondary N) is 2. The highest BCUT2D eigenvalue weighted by atomic mass is 19.4. The van der Waals surface area contributed by atoms with Gasteiger partial charge in [-0.05, 0) is 66.6 Å². The molecule has 3 aliphatic rings. The van der Waals surface area contributed by atoms with E-state index in [1.165, 1.54) is 12.1 Å². The summed E-state index contributed by atoms with van der Waals surface area (Å²) in [7, 11) is 0. The second-order valence-electron chi connectivity index (χ2n) is 9.44. The fourth-order valence-electron chi connectivity index (χ4n) is 4.70. The first-order chi connectivity index (χ1) is 19.7. The topological polar surface area (TPSA) is 97.1 Å². The van der Waals surface area contributed by atoms with Gasteiger partial charge in [0.1, 0.15) is 23.2 Å². The van der Waals surface area contributed by atoms with Crippen LogP contribution in [-0.4, -0.2) is 32.0 Å². The Kier molecular flexibility index (Phi) is 6.45. The zero-order valence-corrected chi connectivity index (χ0v) is 21.5. The molecule has 0 unspecified atom stereocenters. The number of pyridine rings is 2. The Bertz CT molecular complexity index is 1850. The lowest BCUT2D eigenvalue weighted by molar-refractivity contribution is -0.137. The summed E-state index contributed by atoms with van der Waals surface area (Å²) >= 11 is 0. The number of amides is 1. The highest BCUT2D eigenvalue weighted by Gasteiger charge is 2.31. The second-order valence-corrected chi connectivity index (χ2v) is 9.44. The number of fused-ring (bicyclic) bond motifs is 3. The molecule has 0 fully saturated rings.